The highest BCUT2D eigenvalue weighted by atomic mass is 79.9. The van der Waals surface area contributed by atoms with Crippen LogP contribution < -0.4 is 0 Å². The van der Waals surface area contributed by atoms with Gasteiger partial charge < -0.3 is 4.74 Å². The van der Waals surface area contributed by atoms with Crippen molar-refractivity contribution in [2.75, 3.05) is 0 Å². The quantitative estimate of drug-likeness (QED) is 0.719. The maximum Gasteiger partial charge on any atom is 0.0960 e. The fourth-order valence-corrected chi connectivity index (χ4v) is 3.90. The highest BCUT2D eigenvalue weighted by Gasteiger charge is 2.30. The van der Waals surface area contributed by atoms with E-state index in [0.29, 0.717) is 17.0 Å². The Balaban J connectivity index is 2.10. The van der Waals surface area contributed by atoms with Gasteiger partial charge in [0, 0.05) is 4.88 Å². The normalized spacial score (nSPS) is 28.3. The maximum atomic E-state index is 6.07. The largest absolute Gasteiger partial charge is 0.374 e. The molecule has 0 aromatic carbocycles. The Hall–Kier alpha value is 0.430. The summed E-state index contributed by atoms with van der Waals surface area (Å²) in [6.07, 6.45) is 2.98. The third kappa shape index (κ3) is 2.57. The van der Waals surface area contributed by atoms with Crippen LogP contribution in [0.1, 0.15) is 35.0 Å². The smallest absolute Gasteiger partial charge is 0.0960 e. The van der Waals surface area contributed by atoms with E-state index in [9.17, 15) is 0 Å². The van der Waals surface area contributed by atoms with Gasteiger partial charge in [0.05, 0.1) is 21.4 Å². The van der Waals surface area contributed by atoms with Crippen molar-refractivity contribution < 1.29 is 4.74 Å². The molecule has 1 fully saturated rings. The molecule has 2 rings (SSSR count). The van der Waals surface area contributed by atoms with Gasteiger partial charge in [0.15, 0.2) is 0 Å². The predicted molar refractivity (Wildman–Crippen MR) is 69.3 cm³/mol. The molecule has 1 aromatic rings. The van der Waals surface area contributed by atoms with E-state index in [1.54, 1.807) is 11.3 Å². The minimum Gasteiger partial charge on any atom is -0.374 e. The van der Waals surface area contributed by atoms with Crippen molar-refractivity contribution in [2.45, 2.75) is 43.7 Å². The Kier molecular flexibility index (Phi) is 3.76. The molecule has 1 nitrogen and oxygen atoms in total. The summed E-state index contributed by atoms with van der Waals surface area (Å²) in [7, 11) is 0. The lowest BCUT2D eigenvalue weighted by Gasteiger charge is -2.16. The molecule has 0 radical (unpaired) electrons. The van der Waals surface area contributed by atoms with Gasteiger partial charge >= 0.3 is 0 Å². The lowest BCUT2D eigenvalue weighted by atomic mass is 10.1. The van der Waals surface area contributed by atoms with Crippen molar-refractivity contribution in [3.05, 3.63) is 20.8 Å². The Morgan fingerprint density at radius 1 is 1.60 bits per heavy atom. The average molecular weight is 310 g/mol. The summed E-state index contributed by atoms with van der Waals surface area (Å²) in [5, 5.41) is 0. The Morgan fingerprint density at radius 3 is 2.80 bits per heavy atom. The number of alkyl halides is 1. The molecule has 84 valence electrons. The number of ether oxygens (including phenoxy) is 1. The third-order valence-corrected chi connectivity index (χ3v) is 5.76. The Bertz CT molecular complexity index is 333. The number of halogens is 2. The molecule has 1 aromatic heterocycles. The zero-order valence-corrected chi connectivity index (χ0v) is 12.0. The summed E-state index contributed by atoms with van der Waals surface area (Å²) in [6, 6.07) is 2.15. The first kappa shape index (κ1) is 11.9. The lowest BCUT2D eigenvalue weighted by molar-refractivity contribution is 0.0561. The first-order valence-corrected chi connectivity index (χ1v) is 7.24. The fraction of sp³-hybridized carbons (Fsp3) is 0.636. The molecule has 2 heterocycles. The van der Waals surface area contributed by atoms with Crippen LogP contribution >= 0.6 is 38.9 Å². The van der Waals surface area contributed by atoms with Crippen LogP contribution in [0.2, 0.25) is 4.34 Å². The molecular formula is C11H14BrClOS. The SMILES string of the molecule is Cc1cc(C(Br)C2CCC(C)O2)sc1Cl. The monoisotopic (exact) mass is 308 g/mol. The third-order valence-electron chi connectivity index (χ3n) is 2.74. The van der Waals surface area contributed by atoms with Crippen molar-refractivity contribution in [1.29, 1.82) is 0 Å². The summed E-state index contributed by atoms with van der Waals surface area (Å²) in [4.78, 5) is 1.57. The van der Waals surface area contributed by atoms with E-state index >= 15 is 0 Å². The highest BCUT2D eigenvalue weighted by molar-refractivity contribution is 9.09. The summed E-state index contributed by atoms with van der Waals surface area (Å²) in [5.74, 6) is 0. The van der Waals surface area contributed by atoms with E-state index in [4.69, 9.17) is 16.3 Å². The Morgan fingerprint density at radius 2 is 2.33 bits per heavy atom. The zero-order valence-electron chi connectivity index (χ0n) is 8.80. The van der Waals surface area contributed by atoms with E-state index in [0.717, 1.165) is 22.7 Å². The molecule has 1 aliphatic rings. The molecule has 3 unspecified atom stereocenters. The molecule has 4 heteroatoms. The molecule has 1 saturated heterocycles. The van der Waals surface area contributed by atoms with Gasteiger partial charge in [0.25, 0.3) is 0 Å². The van der Waals surface area contributed by atoms with Crippen LogP contribution in [0, 0.1) is 6.92 Å². The highest BCUT2D eigenvalue weighted by Crippen LogP contribution is 2.41. The van der Waals surface area contributed by atoms with Gasteiger partial charge in [-0.15, -0.1) is 11.3 Å². The summed E-state index contributed by atoms with van der Waals surface area (Å²) >= 11 is 11.4. The molecule has 0 saturated carbocycles. The van der Waals surface area contributed by atoms with E-state index in [1.807, 2.05) is 6.92 Å². The first-order valence-electron chi connectivity index (χ1n) is 5.13. The van der Waals surface area contributed by atoms with Crippen LogP contribution in [0.4, 0.5) is 0 Å². The van der Waals surface area contributed by atoms with E-state index in [1.165, 1.54) is 4.88 Å². The maximum absolute atomic E-state index is 6.07. The van der Waals surface area contributed by atoms with Gasteiger partial charge in [0.1, 0.15) is 0 Å². The van der Waals surface area contributed by atoms with E-state index < -0.39 is 0 Å². The summed E-state index contributed by atoms with van der Waals surface area (Å²) in [5.41, 5.74) is 1.16. The summed E-state index contributed by atoms with van der Waals surface area (Å²) < 4.78 is 6.73. The van der Waals surface area contributed by atoms with Gasteiger partial charge in [-0.2, -0.15) is 0 Å². The predicted octanol–water partition coefficient (Wildman–Crippen LogP) is 4.71. The topological polar surface area (TPSA) is 9.23 Å². The van der Waals surface area contributed by atoms with Crippen molar-refractivity contribution in [1.82, 2.24) is 0 Å². The number of thiophene rings is 1. The van der Waals surface area contributed by atoms with Crippen molar-refractivity contribution >= 4 is 38.9 Å². The average Bonchev–Trinajstić information content (AvgIpc) is 2.74. The number of aryl methyl sites for hydroxylation is 1. The van der Waals surface area contributed by atoms with Gasteiger partial charge in [0.2, 0.25) is 0 Å². The van der Waals surface area contributed by atoms with Crippen LogP contribution in [0.25, 0.3) is 0 Å². The first-order chi connectivity index (χ1) is 7.08. The molecule has 0 amide bonds. The minimum absolute atomic E-state index is 0.290. The van der Waals surface area contributed by atoms with Gasteiger partial charge in [-0.1, -0.05) is 27.5 Å². The van der Waals surface area contributed by atoms with E-state index in [-0.39, 0.29) is 0 Å². The van der Waals surface area contributed by atoms with Crippen LogP contribution in [-0.4, -0.2) is 12.2 Å². The standard InChI is InChI=1S/C11H14BrClOS/c1-6-5-9(15-11(6)13)10(12)8-4-3-7(2)14-8/h5,7-8,10H,3-4H2,1-2H3. The van der Waals surface area contributed by atoms with Crippen LogP contribution in [-0.2, 0) is 4.74 Å². The second kappa shape index (κ2) is 4.74. The van der Waals surface area contributed by atoms with Crippen molar-refractivity contribution in [3.63, 3.8) is 0 Å². The molecular weight excluding hydrogens is 296 g/mol. The van der Waals surface area contributed by atoms with E-state index in [2.05, 4.69) is 28.9 Å². The molecule has 0 aliphatic carbocycles. The fourth-order valence-electron chi connectivity index (χ4n) is 1.85. The molecule has 3 atom stereocenters. The number of rotatable bonds is 2. The lowest BCUT2D eigenvalue weighted by Crippen LogP contribution is -2.13. The van der Waals surface area contributed by atoms with Gasteiger partial charge in [-0.05, 0) is 38.3 Å². The van der Waals surface area contributed by atoms with Crippen LogP contribution in [0.3, 0.4) is 0 Å². The second-order valence-electron chi connectivity index (χ2n) is 4.07. The molecule has 0 bridgehead atoms. The second-order valence-corrected chi connectivity index (χ2v) is 6.74. The van der Waals surface area contributed by atoms with Gasteiger partial charge in [-0.3, -0.25) is 0 Å². The molecule has 15 heavy (non-hydrogen) atoms. The van der Waals surface area contributed by atoms with Crippen LogP contribution in [0.15, 0.2) is 6.07 Å². The Labute approximate surface area is 108 Å². The minimum atomic E-state index is 0.290. The number of hydrogen-bond acceptors (Lipinski definition) is 2. The van der Waals surface area contributed by atoms with Crippen molar-refractivity contribution in [3.8, 4) is 0 Å². The van der Waals surface area contributed by atoms with Crippen molar-refractivity contribution in [2.24, 2.45) is 0 Å². The van der Waals surface area contributed by atoms with Gasteiger partial charge in [-0.25, -0.2) is 0 Å². The summed E-state index contributed by atoms with van der Waals surface area (Å²) in [6.45, 7) is 4.17. The zero-order chi connectivity index (χ0) is 11.0. The molecule has 0 spiro atoms. The number of hydrogen-bond donors (Lipinski definition) is 0. The molecule has 1 aliphatic heterocycles. The van der Waals surface area contributed by atoms with Crippen LogP contribution in [0.5, 0.6) is 0 Å². The molecule has 0 N–H and O–H groups in total.